The molecule has 0 saturated heterocycles. The SMILES string of the molecule is C=C(c1cccc(NC2=NS(=C)NC2=NCC2=CC(C(C)C)=CC2)c1C)N(C)C.CC. The number of hydrogen-bond acceptors (Lipinski definition) is 4. The molecule has 6 heteroatoms. The van der Waals surface area contributed by atoms with Gasteiger partial charge in [-0.2, -0.15) is 4.40 Å². The van der Waals surface area contributed by atoms with E-state index in [1.807, 2.05) is 38.9 Å². The van der Waals surface area contributed by atoms with Crippen LogP contribution in [0.4, 0.5) is 5.69 Å². The quantitative estimate of drug-likeness (QED) is 0.550. The highest BCUT2D eigenvalue weighted by Gasteiger charge is 2.19. The highest BCUT2D eigenvalue weighted by atomic mass is 32.2. The second kappa shape index (κ2) is 11.1. The lowest BCUT2D eigenvalue weighted by Gasteiger charge is -2.20. The second-order valence-corrected chi connectivity index (χ2v) is 9.00. The Morgan fingerprint density at radius 1 is 1.32 bits per heavy atom. The molecule has 2 N–H and O–H groups in total. The van der Waals surface area contributed by atoms with Crippen LogP contribution in [0.15, 0.2) is 57.5 Å². The van der Waals surface area contributed by atoms with E-state index in [0.29, 0.717) is 12.5 Å². The summed E-state index contributed by atoms with van der Waals surface area (Å²) < 4.78 is 7.91. The van der Waals surface area contributed by atoms with E-state index in [4.69, 9.17) is 4.99 Å². The van der Waals surface area contributed by atoms with E-state index in [1.165, 1.54) is 11.1 Å². The Bertz CT molecular complexity index is 964. The van der Waals surface area contributed by atoms with E-state index in [9.17, 15) is 0 Å². The fourth-order valence-electron chi connectivity index (χ4n) is 3.27. The third kappa shape index (κ3) is 6.20. The van der Waals surface area contributed by atoms with Gasteiger partial charge in [-0.05, 0) is 47.9 Å². The largest absolute Gasteiger partial charge is 0.378 e. The number of allylic oxidation sites excluding steroid dienone is 3. The van der Waals surface area contributed by atoms with Crippen molar-refractivity contribution >= 4 is 39.8 Å². The molecule has 1 aliphatic heterocycles. The van der Waals surface area contributed by atoms with Crippen LogP contribution in [-0.4, -0.2) is 43.1 Å². The molecule has 1 aliphatic carbocycles. The number of rotatable bonds is 6. The van der Waals surface area contributed by atoms with Crippen LogP contribution < -0.4 is 10.0 Å². The van der Waals surface area contributed by atoms with Gasteiger partial charge in [0, 0.05) is 41.9 Å². The Hall–Kier alpha value is -2.60. The smallest absolute Gasteiger partial charge is 0.183 e. The number of anilines is 1. The first-order valence-corrected chi connectivity index (χ1v) is 12.2. The molecule has 5 nitrogen and oxygen atoms in total. The molecular formula is C25H37N5S. The lowest BCUT2D eigenvalue weighted by atomic mass is 10.0. The number of amidine groups is 2. The maximum atomic E-state index is 4.79. The minimum atomic E-state index is -0.516. The fourth-order valence-corrected chi connectivity index (χ4v) is 4.06. The van der Waals surface area contributed by atoms with E-state index >= 15 is 0 Å². The molecule has 31 heavy (non-hydrogen) atoms. The number of benzene rings is 1. The summed E-state index contributed by atoms with van der Waals surface area (Å²) in [5, 5.41) is 3.46. The lowest BCUT2D eigenvalue weighted by Crippen LogP contribution is -2.28. The lowest BCUT2D eigenvalue weighted by molar-refractivity contribution is 0.593. The summed E-state index contributed by atoms with van der Waals surface area (Å²) in [6, 6.07) is 6.18. The van der Waals surface area contributed by atoms with Crippen molar-refractivity contribution in [2.45, 2.75) is 41.0 Å². The predicted molar refractivity (Wildman–Crippen MR) is 142 cm³/mol. The standard InChI is InChI=1S/C23H31N5S.C2H6/c1-15(2)19-12-11-18(13-19)14-24-22-23(27-29(7)26-22)25-21-10-8-9-20(16(21)3)17(4)28(5)6;1-2/h8-10,12-13,15H,4,7,11,14H2,1-3,5-6H3,(H,24,26)(H,25,27);1-2H3. The summed E-state index contributed by atoms with van der Waals surface area (Å²) >= 11 is 0. The highest BCUT2D eigenvalue weighted by molar-refractivity contribution is 8.12. The van der Waals surface area contributed by atoms with Gasteiger partial charge in [0.25, 0.3) is 0 Å². The molecule has 3 rings (SSSR count). The fraction of sp³-hybridized carbons (Fsp3) is 0.400. The predicted octanol–water partition coefficient (Wildman–Crippen LogP) is 5.81. The van der Waals surface area contributed by atoms with E-state index in [-0.39, 0.29) is 0 Å². The van der Waals surface area contributed by atoms with Crippen molar-refractivity contribution in [3.63, 3.8) is 0 Å². The molecule has 0 saturated carbocycles. The Balaban J connectivity index is 0.00000166. The van der Waals surface area contributed by atoms with Gasteiger partial charge in [-0.1, -0.05) is 58.6 Å². The van der Waals surface area contributed by atoms with Gasteiger partial charge >= 0.3 is 0 Å². The van der Waals surface area contributed by atoms with Crippen molar-refractivity contribution in [1.29, 1.82) is 0 Å². The average molecular weight is 440 g/mol. The van der Waals surface area contributed by atoms with Gasteiger partial charge < -0.3 is 10.2 Å². The van der Waals surface area contributed by atoms with Crippen molar-refractivity contribution in [2.24, 2.45) is 15.3 Å². The van der Waals surface area contributed by atoms with Gasteiger partial charge in [0.05, 0.1) is 6.54 Å². The molecule has 1 aromatic carbocycles. The topological polar surface area (TPSA) is 52.0 Å². The summed E-state index contributed by atoms with van der Waals surface area (Å²) in [6.45, 7) is 15.4. The first kappa shape index (κ1) is 24.7. The van der Waals surface area contributed by atoms with Crippen LogP contribution in [0.3, 0.4) is 0 Å². The van der Waals surface area contributed by atoms with Crippen LogP contribution in [0.1, 0.15) is 45.2 Å². The Kier molecular flexibility index (Phi) is 8.87. The molecule has 1 atom stereocenters. The summed E-state index contributed by atoms with van der Waals surface area (Å²) in [5.41, 5.74) is 6.96. The van der Waals surface area contributed by atoms with Crippen LogP contribution in [-0.2, 0) is 0 Å². The van der Waals surface area contributed by atoms with E-state index < -0.39 is 10.9 Å². The van der Waals surface area contributed by atoms with Crippen LogP contribution >= 0.6 is 10.9 Å². The van der Waals surface area contributed by atoms with Gasteiger partial charge in [0.2, 0.25) is 0 Å². The van der Waals surface area contributed by atoms with E-state index in [2.05, 4.69) is 71.9 Å². The number of aliphatic imine (C=N–C) groups is 1. The molecule has 1 aromatic rings. The second-order valence-electron chi connectivity index (χ2n) is 7.88. The molecule has 0 fully saturated rings. The summed E-state index contributed by atoms with van der Waals surface area (Å²) in [7, 11) is 3.49. The van der Waals surface area contributed by atoms with Crippen molar-refractivity contribution in [1.82, 2.24) is 9.62 Å². The zero-order valence-corrected chi connectivity index (χ0v) is 20.9. The Labute approximate surface area is 191 Å². The molecule has 0 aromatic heterocycles. The minimum Gasteiger partial charge on any atom is -0.378 e. The summed E-state index contributed by atoms with van der Waals surface area (Å²) in [4.78, 5) is 6.82. The van der Waals surface area contributed by atoms with Crippen molar-refractivity contribution in [3.8, 4) is 0 Å². The molecule has 0 amide bonds. The number of nitrogens with zero attached hydrogens (tertiary/aromatic N) is 3. The molecule has 2 aliphatic rings. The average Bonchev–Trinajstić information content (AvgIpc) is 3.35. The zero-order valence-electron chi connectivity index (χ0n) is 20.0. The Morgan fingerprint density at radius 3 is 2.65 bits per heavy atom. The highest BCUT2D eigenvalue weighted by Crippen LogP contribution is 2.27. The minimum absolute atomic E-state index is 0.516. The summed E-state index contributed by atoms with van der Waals surface area (Å²) in [5.74, 6) is 6.13. The van der Waals surface area contributed by atoms with Gasteiger partial charge in [-0.25, -0.2) is 0 Å². The van der Waals surface area contributed by atoms with E-state index in [1.54, 1.807) is 0 Å². The van der Waals surface area contributed by atoms with Crippen LogP contribution in [0.2, 0.25) is 0 Å². The molecule has 1 unspecified atom stereocenters. The Morgan fingerprint density at radius 2 is 2.03 bits per heavy atom. The monoisotopic (exact) mass is 439 g/mol. The third-order valence-corrected chi connectivity index (χ3v) is 5.99. The molecule has 0 bridgehead atoms. The van der Waals surface area contributed by atoms with Crippen molar-refractivity contribution < 1.29 is 0 Å². The zero-order chi connectivity index (χ0) is 23.1. The van der Waals surface area contributed by atoms with Gasteiger partial charge in [-0.15, -0.1) is 0 Å². The summed E-state index contributed by atoms with van der Waals surface area (Å²) in [6.07, 6.45) is 5.56. The maximum absolute atomic E-state index is 4.79. The van der Waals surface area contributed by atoms with Gasteiger partial charge in [-0.3, -0.25) is 9.71 Å². The van der Waals surface area contributed by atoms with Crippen LogP contribution in [0.25, 0.3) is 5.70 Å². The van der Waals surface area contributed by atoms with Gasteiger partial charge in [0.1, 0.15) is 0 Å². The van der Waals surface area contributed by atoms with Gasteiger partial charge in [0.15, 0.2) is 11.7 Å². The maximum Gasteiger partial charge on any atom is 0.183 e. The normalized spacial score (nSPS) is 18.6. The van der Waals surface area contributed by atoms with Crippen LogP contribution in [0.5, 0.6) is 0 Å². The molecular weight excluding hydrogens is 402 g/mol. The van der Waals surface area contributed by atoms with Crippen LogP contribution in [0, 0.1) is 12.8 Å². The number of hydrogen-bond donors (Lipinski definition) is 2. The van der Waals surface area contributed by atoms with Crippen molar-refractivity contribution in [2.75, 3.05) is 26.0 Å². The first-order chi connectivity index (χ1) is 14.8. The van der Waals surface area contributed by atoms with E-state index in [0.717, 1.165) is 40.6 Å². The molecule has 0 spiro atoms. The third-order valence-electron chi connectivity index (χ3n) is 5.16. The molecule has 1 heterocycles. The molecule has 168 valence electrons. The number of nitrogens with one attached hydrogen (secondary N) is 2. The molecule has 0 radical (unpaired) electrons. The first-order valence-electron chi connectivity index (χ1n) is 10.8. The van der Waals surface area contributed by atoms with Crippen molar-refractivity contribution in [3.05, 3.63) is 59.2 Å².